The second kappa shape index (κ2) is 9.33. The highest BCUT2D eigenvalue weighted by molar-refractivity contribution is 5.82. The quantitative estimate of drug-likeness (QED) is 0.330. The van der Waals surface area contributed by atoms with E-state index in [1.807, 2.05) is 36.9 Å². The molecule has 190 valence electrons. The monoisotopic (exact) mass is 503 g/mol. The van der Waals surface area contributed by atoms with Crippen LogP contribution in [0.4, 0.5) is 0 Å². The van der Waals surface area contributed by atoms with Crippen molar-refractivity contribution in [1.29, 1.82) is 0 Å². The van der Waals surface area contributed by atoms with E-state index in [0.29, 0.717) is 12.4 Å². The lowest BCUT2D eigenvalue weighted by Gasteiger charge is -2.12. The van der Waals surface area contributed by atoms with Crippen LogP contribution in [0.15, 0.2) is 54.7 Å². The summed E-state index contributed by atoms with van der Waals surface area (Å²) in [5.74, 6) is 1.60. The second-order valence-electron chi connectivity index (χ2n) is 9.72. The van der Waals surface area contributed by atoms with Crippen molar-refractivity contribution in [3.63, 3.8) is 0 Å². The van der Waals surface area contributed by atoms with Crippen molar-refractivity contribution in [1.82, 2.24) is 44.9 Å². The molecule has 9 heteroatoms. The zero-order chi connectivity index (χ0) is 26.4. The molecule has 0 unspecified atom stereocenters. The van der Waals surface area contributed by atoms with Gasteiger partial charge in [-0.2, -0.15) is 10.3 Å². The molecule has 0 aliphatic heterocycles. The van der Waals surface area contributed by atoms with Gasteiger partial charge in [0.2, 0.25) is 5.82 Å². The lowest BCUT2D eigenvalue weighted by atomic mass is 9.97. The van der Waals surface area contributed by atoms with Crippen molar-refractivity contribution in [2.45, 2.75) is 47.6 Å². The van der Waals surface area contributed by atoms with Crippen LogP contribution in [0.5, 0.6) is 0 Å². The molecule has 0 saturated heterocycles. The highest BCUT2D eigenvalue weighted by Crippen LogP contribution is 2.32. The maximum absolute atomic E-state index is 4.89. The molecule has 0 amide bonds. The Kier molecular flexibility index (Phi) is 5.83. The van der Waals surface area contributed by atoms with E-state index < -0.39 is 0 Å². The number of aromatic nitrogens is 9. The Hall–Kier alpha value is -4.66. The zero-order valence-electron chi connectivity index (χ0n) is 22.2. The largest absolute Gasteiger partial charge is 0.308 e. The SMILES string of the molecule is CCc1nc2c(C)cc(C)nc2n1Cc1ccc(-c2cc(-n3cc(C)c(C)n3)ccc2-c2nn[nH]n2)cc1. The highest BCUT2D eigenvalue weighted by Gasteiger charge is 2.16. The van der Waals surface area contributed by atoms with Gasteiger partial charge in [-0.05, 0) is 85.0 Å². The maximum atomic E-state index is 4.89. The predicted molar refractivity (Wildman–Crippen MR) is 147 cm³/mol. The van der Waals surface area contributed by atoms with Crippen LogP contribution < -0.4 is 0 Å². The lowest BCUT2D eigenvalue weighted by molar-refractivity contribution is 0.745. The fourth-order valence-corrected chi connectivity index (χ4v) is 4.92. The van der Waals surface area contributed by atoms with E-state index in [-0.39, 0.29) is 0 Å². The number of aryl methyl sites for hydroxylation is 5. The summed E-state index contributed by atoms with van der Waals surface area (Å²) in [6.45, 7) is 11.1. The number of nitrogens with one attached hydrogen (secondary N) is 1. The third-order valence-corrected chi connectivity index (χ3v) is 7.02. The Bertz CT molecular complexity index is 1740. The Morgan fingerprint density at radius 1 is 0.868 bits per heavy atom. The number of aromatic amines is 1. The highest BCUT2D eigenvalue weighted by atomic mass is 15.5. The molecule has 0 saturated carbocycles. The van der Waals surface area contributed by atoms with Crippen LogP contribution in [0, 0.1) is 27.7 Å². The summed E-state index contributed by atoms with van der Waals surface area (Å²) in [6.07, 6.45) is 2.89. The molecule has 0 aliphatic rings. The molecule has 6 aromatic rings. The standard InChI is InChI=1S/C29H29N9/c1-6-26-31-27-17(2)13-19(4)30-29(27)37(26)16-21-7-9-22(10-8-21)25-14-23(38-15-18(3)20(5)34-38)11-12-24(25)28-32-35-36-33-28/h7-15H,6,16H2,1-5H3,(H,32,33,35,36). The van der Waals surface area contributed by atoms with Gasteiger partial charge in [0.1, 0.15) is 11.3 Å². The summed E-state index contributed by atoms with van der Waals surface area (Å²) in [4.78, 5) is 9.71. The summed E-state index contributed by atoms with van der Waals surface area (Å²) in [7, 11) is 0. The molecular weight excluding hydrogens is 474 g/mol. The topological polar surface area (TPSA) is 103 Å². The van der Waals surface area contributed by atoms with Gasteiger partial charge in [-0.1, -0.05) is 31.2 Å². The Balaban J connectivity index is 1.40. The second-order valence-corrected chi connectivity index (χ2v) is 9.72. The Morgan fingerprint density at radius 2 is 1.68 bits per heavy atom. The summed E-state index contributed by atoms with van der Waals surface area (Å²) >= 11 is 0. The Morgan fingerprint density at radius 3 is 2.37 bits per heavy atom. The number of imidazole rings is 1. The number of H-pyrrole nitrogens is 1. The first-order chi connectivity index (χ1) is 18.4. The average molecular weight is 504 g/mol. The number of hydrogen-bond donors (Lipinski definition) is 1. The number of hydrogen-bond acceptors (Lipinski definition) is 6. The van der Waals surface area contributed by atoms with Gasteiger partial charge in [-0.3, -0.25) is 0 Å². The third-order valence-electron chi connectivity index (χ3n) is 7.02. The first-order valence-corrected chi connectivity index (χ1v) is 12.7. The lowest BCUT2D eigenvalue weighted by Crippen LogP contribution is -2.05. The van der Waals surface area contributed by atoms with Crippen LogP contribution in [-0.2, 0) is 13.0 Å². The first kappa shape index (κ1) is 23.7. The fourth-order valence-electron chi connectivity index (χ4n) is 4.92. The van der Waals surface area contributed by atoms with Gasteiger partial charge in [0.15, 0.2) is 5.65 Å². The van der Waals surface area contributed by atoms with Crippen LogP contribution in [0.1, 0.15) is 40.8 Å². The van der Waals surface area contributed by atoms with E-state index in [1.165, 1.54) is 5.56 Å². The molecule has 0 atom stereocenters. The van der Waals surface area contributed by atoms with E-state index in [2.05, 4.69) is 87.5 Å². The van der Waals surface area contributed by atoms with Gasteiger partial charge in [-0.25, -0.2) is 14.6 Å². The molecule has 9 nitrogen and oxygen atoms in total. The van der Waals surface area contributed by atoms with Gasteiger partial charge in [-0.15, -0.1) is 10.2 Å². The van der Waals surface area contributed by atoms with Gasteiger partial charge in [0, 0.05) is 23.9 Å². The van der Waals surface area contributed by atoms with Crippen molar-refractivity contribution < 1.29 is 0 Å². The number of pyridine rings is 1. The van der Waals surface area contributed by atoms with E-state index in [4.69, 9.17) is 9.97 Å². The number of nitrogens with zero attached hydrogens (tertiary/aromatic N) is 8. The van der Waals surface area contributed by atoms with E-state index in [1.54, 1.807) is 0 Å². The number of fused-ring (bicyclic) bond motifs is 1. The number of tetrazole rings is 1. The molecule has 1 N–H and O–H groups in total. The molecule has 6 rings (SSSR count). The molecule has 38 heavy (non-hydrogen) atoms. The average Bonchev–Trinajstić information content (AvgIpc) is 3.65. The molecule has 2 aromatic carbocycles. The minimum atomic E-state index is 0.553. The van der Waals surface area contributed by atoms with Gasteiger partial charge < -0.3 is 4.57 Å². The van der Waals surface area contributed by atoms with Crippen molar-refractivity contribution in [2.24, 2.45) is 0 Å². The van der Waals surface area contributed by atoms with Crippen molar-refractivity contribution in [3.8, 4) is 28.2 Å². The van der Waals surface area contributed by atoms with E-state index in [0.717, 1.165) is 68.3 Å². The van der Waals surface area contributed by atoms with Crippen LogP contribution in [0.3, 0.4) is 0 Å². The van der Waals surface area contributed by atoms with Crippen molar-refractivity contribution in [2.75, 3.05) is 0 Å². The summed E-state index contributed by atoms with van der Waals surface area (Å²) in [6, 6.07) is 16.9. The third kappa shape index (κ3) is 4.15. The van der Waals surface area contributed by atoms with E-state index >= 15 is 0 Å². The molecule has 4 aromatic heterocycles. The summed E-state index contributed by atoms with van der Waals surface area (Å²) in [5, 5.41) is 19.5. The molecule has 0 bridgehead atoms. The van der Waals surface area contributed by atoms with Gasteiger partial charge in [0.05, 0.1) is 17.9 Å². The molecule has 0 fully saturated rings. The smallest absolute Gasteiger partial charge is 0.205 e. The summed E-state index contributed by atoms with van der Waals surface area (Å²) in [5.41, 5.74) is 11.4. The van der Waals surface area contributed by atoms with Gasteiger partial charge in [0.25, 0.3) is 0 Å². The Labute approximate surface area is 220 Å². The molecule has 0 radical (unpaired) electrons. The molecular formula is C29H29N9. The summed E-state index contributed by atoms with van der Waals surface area (Å²) < 4.78 is 4.15. The molecule has 0 aliphatic carbocycles. The number of rotatable bonds is 6. The minimum Gasteiger partial charge on any atom is -0.308 e. The normalized spacial score (nSPS) is 11.5. The first-order valence-electron chi connectivity index (χ1n) is 12.7. The number of benzene rings is 2. The minimum absolute atomic E-state index is 0.553. The molecule has 0 spiro atoms. The van der Waals surface area contributed by atoms with E-state index in [9.17, 15) is 0 Å². The van der Waals surface area contributed by atoms with Crippen LogP contribution in [-0.4, -0.2) is 44.9 Å². The zero-order valence-corrected chi connectivity index (χ0v) is 22.2. The van der Waals surface area contributed by atoms with Crippen LogP contribution in [0.2, 0.25) is 0 Å². The van der Waals surface area contributed by atoms with Crippen LogP contribution >= 0.6 is 0 Å². The van der Waals surface area contributed by atoms with Crippen molar-refractivity contribution >= 4 is 11.2 Å². The maximum Gasteiger partial charge on any atom is 0.205 e. The van der Waals surface area contributed by atoms with Crippen LogP contribution in [0.25, 0.3) is 39.4 Å². The molecule has 4 heterocycles. The fraction of sp³-hybridized carbons (Fsp3) is 0.241. The van der Waals surface area contributed by atoms with Crippen molar-refractivity contribution in [3.05, 3.63) is 88.6 Å². The van der Waals surface area contributed by atoms with Gasteiger partial charge >= 0.3 is 0 Å². The predicted octanol–water partition coefficient (Wildman–Crippen LogP) is 5.31.